The summed E-state index contributed by atoms with van der Waals surface area (Å²) in [5.74, 6) is -0.0546. The minimum atomic E-state index is -1.50. The molecule has 0 aromatic heterocycles. The number of fused-ring (bicyclic) bond motifs is 1. The standard InChI is InChI=1S/C32H33N3O5/c1-40-27-16-13-24(14-17-27)22-34-30(36)28-21-26(35(38)39)15-18-29(28)32(34,20-19-23-9-5-4-6-10-23)31(37)33-25-11-7-2-3-8-12-25/h4-6,9-10,13-21,25H,2-3,7-8,11-12,22H2,1H3,(H,33,37)/b20-19+. The number of benzene rings is 3. The smallest absolute Gasteiger partial charge is 0.270 e. The van der Waals surface area contributed by atoms with Gasteiger partial charge in [-0.15, -0.1) is 0 Å². The van der Waals surface area contributed by atoms with E-state index >= 15 is 0 Å². The third-order valence-corrected chi connectivity index (χ3v) is 7.88. The summed E-state index contributed by atoms with van der Waals surface area (Å²) in [6, 6.07) is 21.1. The van der Waals surface area contributed by atoms with Gasteiger partial charge in [-0.3, -0.25) is 19.7 Å². The highest BCUT2D eigenvalue weighted by atomic mass is 16.6. The topological polar surface area (TPSA) is 102 Å². The lowest BCUT2D eigenvalue weighted by Gasteiger charge is -2.37. The van der Waals surface area contributed by atoms with E-state index in [9.17, 15) is 19.7 Å². The Labute approximate surface area is 233 Å². The second kappa shape index (κ2) is 11.7. The second-order valence-corrected chi connectivity index (χ2v) is 10.4. The van der Waals surface area contributed by atoms with Crippen LogP contribution in [0.1, 0.15) is 65.6 Å². The molecule has 8 nitrogen and oxygen atoms in total. The van der Waals surface area contributed by atoms with Gasteiger partial charge in [0.2, 0.25) is 0 Å². The molecule has 1 fully saturated rings. The van der Waals surface area contributed by atoms with Crippen LogP contribution in [0.15, 0.2) is 78.9 Å². The Kier molecular flexibility index (Phi) is 7.96. The molecule has 1 atom stereocenters. The van der Waals surface area contributed by atoms with Crippen molar-refractivity contribution in [3.05, 3.63) is 111 Å². The van der Waals surface area contributed by atoms with Crippen molar-refractivity contribution in [3.8, 4) is 5.75 Å². The molecule has 3 aromatic rings. The average molecular weight is 540 g/mol. The average Bonchev–Trinajstić information content (AvgIpc) is 3.12. The van der Waals surface area contributed by atoms with E-state index in [0.717, 1.165) is 49.7 Å². The van der Waals surface area contributed by atoms with Crippen LogP contribution < -0.4 is 10.1 Å². The Balaban J connectivity index is 1.65. The summed E-state index contributed by atoms with van der Waals surface area (Å²) >= 11 is 0. The van der Waals surface area contributed by atoms with Crippen LogP contribution in [0.2, 0.25) is 0 Å². The van der Waals surface area contributed by atoms with Crippen LogP contribution in [0.4, 0.5) is 5.69 Å². The number of amides is 2. The van der Waals surface area contributed by atoms with Gasteiger partial charge in [0.15, 0.2) is 5.54 Å². The highest BCUT2D eigenvalue weighted by Gasteiger charge is 2.54. The zero-order valence-corrected chi connectivity index (χ0v) is 22.5. The summed E-state index contributed by atoms with van der Waals surface area (Å²) in [5.41, 5.74) is 0.589. The quantitative estimate of drug-likeness (QED) is 0.215. The van der Waals surface area contributed by atoms with Crippen LogP contribution in [0, 0.1) is 10.1 Å². The molecule has 1 aliphatic heterocycles. The van der Waals surface area contributed by atoms with Crippen LogP contribution in [0.3, 0.4) is 0 Å². The molecular formula is C32H33N3O5. The molecule has 206 valence electrons. The van der Waals surface area contributed by atoms with Crippen molar-refractivity contribution in [2.75, 3.05) is 7.11 Å². The van der Waals surface area contributed by atoms with E-state index in [1.807, 2.05) is 48.5 Å². The molecule has 1 heterocycles. The minimum Gasteiger partial charge on any atom is -0.497 e. The summed E-state index contributed by atoms with van der Waals surface area (Å²) < 4.78 is 5.29. The molecule has 5 rings (SSSR count). The molecule has 0 radical (unpaired) electrons. The molecule has 2 aliphatic rings. The van der Waals surface area contributed by atoms with Gasteiger partial charge in [-0.2, -0.15) is 0 Å². The molecule has 3 aromatic carbocycles. The summed E-state index contributed by atoms with van der Waals surface area (Å²) in [6.45, 7) is 0.128. The van der Waals surface area contributed by atoms with Crippen molar-refractivity contribution in [1.82, 2.24) is 10.2 Å². The van der Waals surface area contributed by atoms with Gasteiger partial charge in [-0.25, -0.2) is 0 Å². The molecule has 0 saturated heterocycles. The fourth-order valence-corrected chi connectivity index (χ4v) is 5.72. The number of nitrogens with one attached hydrogen (secondary N) is 1. The van der Waals surface area contributed by atoms with Crippen LogP contribution in [0.25, 0.3) is 6.08 Å². The lowest BCUT2D eigenvalue weighted by molar-refractivity contribution is -0.384. The predicted molar refractivity (Wildman–Crippen MR) is 153 cm³/mol. The molecule has 0 bridgehead atoms. The van der Waals surface area contributed by atoms with E-state index in [1.165, 1.54) is 17.0 Å². The summed E-state index contributed by atoms with van der Waals surface area (Å²) in [5, 5.41) is 14.9. The zero-order valence-electron chi connectivity index (χ0n) is 22.5. The third-order valence-electron chi connectivity index (χ3n) is 7.88. The van der Waals surface area contributed by atoms with Crippen LogP contribution in [-0.4, -0.2) is 34.8 Å². The van der Waals surface area contributed by atoms with Gasteiger partial charge in [0.1, 0.15) is 5.75 Å². The number of nitro groups is 1. The van der Waals surface area contributed by atoms with Gasteiger partial charge in [-0.1, -0.05) is 74.2 Å². The maximum atomic E-state index is 14.5. The number of ether oxygens (including phenoxy) is 1. The van der Waals surface area contributed by atoms with E-state index in [0.29, 0.717) is 11.3 Å². The maximum absolute atomic E-state index is 14.5. The van der Waals surface area contributed by atoms with Gasteiger partial charge in [0.05, 0.1) is 17.6 Å². The van der Waals surface area contributed by atoms with Crippen molar-refractivity contribution in [2.45, 2.75) is 56.7 Å². The number of rotatable bonds is 8. The van der Waals surface area contributed by atoms with Crippen molar-refractivity contribution in [2.24, 2.45) is 0 Å². The monoisotopic (exact) mass is 539 g/mol. The van der Waals surface area contributed by atoms with Crippen molar-refractivity contribution < 1.29 is 19.2 Å². The zero-order chi connectivity index (χ0) is 28.1. The van der Waals surface area contributed by atoms with Gasteiger partial charge >= 0.3 is 0 Å². The first-order valence-corrected chi connectivity index (χ1v) is 13.7. The number of carbonyl (C=O) groups excluding carboxylic acids is 2. The van der Waals surface area contributed by atoms with Crippen molar-refractivity contribution in [1.29, 1.82) is 0 Å². The lowest BCUT2D eigenvalue weighted by atomic mass is 9.86. The Morgan fingerprint density at radius 2 is 1.75 bits per heavy atom. The first-order chi connectivity index (χ1) is 19.4. The highest BCUT2D eigenvalue weighted by Crippen LogP contribution is 2.44. The fourth-order valence-electron chi connectivity index (χ4n) is 5.72. The number of hydrogen-bond acceptors (Lipinski definition) is 5. The van der Waals surface area contributed by atoms with E-state index < -0.39 is 16.4 Å². The number of methoxy groups -OCH3 is 1. The van der Waals surface area contributed by atoms with Crippen LogP contribution >= 0.6 is 0 Å². The van der Waals surface area contributed by atoms with Crippen molar-refractivity contribution >= 4 is 23.6 Å². The van der Waals surface area contributed by atoms with E-state index in [4.69, 9.17) is 4.74 Å². The molecule has 2 amide bonds. The SMILES string of the molecule is COc1ccc(CN2C(=O)c3cc([N+](=O)[O-])ccc3C2(/C=C/c2ccccc2)C(=O)NC2CCCCCC2)cc1. The minimum absolute atomic E-state index is 0.00274. The van der Waals surface area contributed by atoms with E-state index in [1.54, 1.807) is 31.4 Å². The summed E-state index contributed by atoms with van der Waals surface area (Å²) in [6.07, 6.45) is 9.72. The fraction of sp³-hybridized carbons (Fsp3) is 0.312. The largest absolute Gasteiger partial charge is 0.497 e. The van der Waals surface area contributed by atoms with Gasteiger partial charge in [-0.05, 0) is 48.2 Å². The maximum Gasteiger partial charge on any atom is 0.270 e. The summed E-state index contributed by atoms with van der Waals surface area (Å²) in [7, 11) is 1.58. The van der Waals surface area contributed by atoms with Crippen molar-refractivity contribution in [3.63, 3.8) is 0 Å². The molecule has 0 spiro atoms. The lowest BCUT2D eigenvalue weighted by Crippen LogP contribution is -2.55. The number of nitrogens with zero attached hydrogens (tertiary/aromatic N) is 2. The molecule has 1 unspecified atom stereocenters. The number of hydrogen-bond donors (Lipinski definition) is 1. The Hall–Kier alpha value is -4.46. The molecule has 1 saturated carbocycles. The van der Waals surface area contributed by atoms with Gasteiger partial charge in [0, 0.05) is 30.3 Å². The molecule has 8 heteroatoms. The Morgan fingerprint density at radius 3 is 2.40 bits per heavy atom. The number of carbonyl (C=O) groups is 2. The molecule has 40 heavy (non-hydrogen) atoms. The molecular weight excluding hydrogens is 506 g/mol. The molecule has 1 N–H and O–H groups in total. The Bertz CT molecular complexity index is 1410. The number of non-ortho nitro benzene ring substituents is 1. The molecule has 1 aliphatic carbocycles. The third kappa shape index (κ3) is 5.34. The van der Waals surface area contributed by atoms with Gasteiger partial charge < -0.3 is 15.0 Å². The van der Waals surface area contributed by atoms with Crippen LogP contribution in [-0.2, 0) is 16.9 Å². The first-order valence-electron chi connectivity index (χ1n) is 13.7. The normalized spacial score (nSPS) is 19.3. The van der Waals surface area contributed by atoms with E-state index in [2.05, 4.69) is 5.32 Å². The predicted octanol–water partition coefficient (Wildman–Crippen LogP) is 6.01. The summed E-state index contributed by atoms with van der Waals surface area (Å²) in [4.78, 5) is 41.2. The highest BCUT2D eigenvalue weighted by molar-refractivity contribution is 6.09. The number of nitro benzene ring substituents is 1. The Morgan fingerprint density at radius 1 is 1.05 bits per heavy atom. The van der Waals surface area contributed by atoms with Crippen LogP contribution in [0.5, 0.6) is 5.75 Å². The second-order valence-electron chi connectivity index (χ2n) is 10.4. The van der Waals surface area contributed by atoms with Gasteiger partial charge in [0.25, 0.3) is 17.5 Å². The van der Waals surface area contributed by atoms with E-state index in [-0.39, 0.29) is 29.7 Å². The first kappa shape index (κ1) is 27.1.